The predicted octanol–water partition coefficient (Wildman–Crippen LogP) is 12.0. The summed E-state index contributed by atoms with van der Waals surface area (Å²) in [5.74, 6) is 1.66. The fourth-order valence-electron chi connectivity index (χ4n) is 5.18. The van der Waals surface area contributed by atoms with Gasteiger partial charge in [-0.15, -0.1) is 0 Å². The maximum Gasteiger partial charge on any atom is 0.306 e. The molecule has 0 spiro atoms. The molecule has 0 aliphatic rings. The lowest BCUT2D eigenvalue weighted by Gasteiger charge is -2.18. The lowest BCUT2D eigenvalue weighted by Crippen LogP contribution is -2.18. The lowest BCUT2D eigenvalue weighted by atomic mass is 10.00. The van der Waals surface area contributed by atoms with Gasteiger partial charge in [-0.05, 0) is 43.9 Å². The van der Waals surface area contributed by atoms with E-state index < -0.39 is 0 Å². The molecule has 0 N–H and O–H groups in total. The third-order valence-corrected chi connectivity index (χ3v) is 7.65. The highest BCUT2D eigenvalue weighted by molar-refractivity contribution is 5.69. The second-order valence-electron chi connectivity index (χ2n) is 12.5. The molecule has 0 heterocycles. The van der Waals surface area contributed by atoms with Crippen LogP contribution >= 0.6 is 0 Å². The molecule has 0 saturated carbocycles. The lowest BCUT2D eigenvalue weighted by molar-refractivity contribution is -0.150. The molecule has 0 bridgehead atoms. The molecule has 0 aliphatic heterocycles. The Morgan fingerprint density at radius 2 is 0.833 bits per heavy atom. The summed E-state index contributed by atoms with van der Waals surface area (Å²) in [5.41, 5.74) is 0. The van der Waals surface area contributed by atoms with Gasteiger partial charge < -0.3 is 4.74 Å². The quantitative estimate of drug-likeness (QED) is 0.0775. The van der Waals surface area contributed by atoms with Crippen molar-refractivity contribution in [2.45, 2.75) is 201 Å². The van der Waals surface area contributed by atoms with Crippen LogP contribution in [0.5, 0.6) is 0 Å². The van der Waals surface area contributed by atoms with Crippen LogP contribution in [0, 0.1) is 11.8 Å². The van der Waals surface area contributed by atoms with E-state index in [1.807, 2.05) is 0 Å². The van der Waals surface area contributed by atoms with E-state index in [1.165, 1.54) is 135 Å². The van der Waals surface area contributed by atoms with Crippen LogP contribution in [0.1, 0.15) is 195 Å². The minimum Gasteiger partial charge on any atom is -0.462 e. The summed E-state index contributed by atoms with van der Waals surface area (Å²) in [6, 6.07) is 0. The standard InChI is InChI=1S/C34H68O2/c1-6-7-8-9-16-20-23-28-33(29-25-27-32(4)5)36-34(35)30-24-21-18-15-13-11-10-12-14-17-19-22-26-31(2)3/h31-33H,6-30H2,1-5H3. The Kier molecular flexibility index (Phi) is 27.1. The van der Waals surface area contributed by atoms with Crippen molar-refractivity contribution in [1.29, 1.82) is 0 Å². The summed E-state index contributed by atoms with van der Waals surface area (Å²) in [6.45, 7) is 11.5. The molecule has 0 aliphatic carbocycles. The minimum absolute atomic E-state index is 0.0564. The van der Waals surface area contributed by atoms with Crippen LogP contribution in [0.4, 0.5) is 0 Å². The van der Waals surface area contributed by atoms with Crippen LogP contribution in [-0.4, -0.2) is 12.1 Å². The second kappa shape index (κ2) is 27.5. The summed E-state index contributed by atoms with van der Waals surface area (Å²) in [7, 11) is 0. The van der Waals surface area contributed by atoms with Gasteiger partial charge in [-0.1, -0.05) is 157 Å². The molecular formula is C34H68O2. The molecule has 0 rings (SSSR count). The van der Waals surface area contributed by atoms with Crippen molar-refractivity contribution in [3.8, 4) is 0 Å². The number of carbonyl (C=O) groups is 1. The Balaban J connectivity index is 3.74. The van der Waals surface area contributed by atoms with E-state index in [-0.39, 0.29) is 12.1 Å². The third kappa shape index (κ3) is 28.0. The summed E-state index contributed by atoms with van der Waals surface area (Å²) in [4.78, 5) is 12.5. The SMILES string of the molecule is CCCCCCCCCC(CCCC(C)C)OC(=O)CCCCCCCCCCCCCCC(C)C. The molecule has 0 fully saturated rings. The van der Waals surface area contributed by atoms with Gasteiger partial charge in [0.25, 0.3) is 0 Å². The van der Waals surface area contributed by atoms with Gasteiger partial charge in [0.1, 0.15) is 6.10 Å². The molecule has 0 amide bonds. The van der Waals surface area contributed by atoms with Crippen LogP contribution in [-0.2, 0) is 9.53 Å². The molecule has 2 heteroatoms. The maximum atomic E-state index is 12.5. The number of esters is 1. The van der Waals surface area contributed by atoms with E-state index >= 15 is 0 Å². The number of unbranched alkanes of at least 4 members (excludes halogenated alkanes) is 17. The topological polar surface area (TPSA) is 26.3 Å². The third-order valence-electron chi connectivity index (χ3n) is 7.65. The van der Waals surface area contributed by atoms with Crippen LogP contribution in [0.3, 0.4) is 0 Å². The fourth-order valence-corrected chi connectivity index (χ4v) is 5.18. The zero-order chi connectivity index (χ0) is 26.7. The first-order chi connectivity index (χ1) is 17.5. The van der Waals surface area contributed by atoms with Crippen molar-refractivity contribution in [3.05, 3.63) is 0 Å². The zero-order valence-electron chi connectivity index (χ0n) is 25.7. The summed E-state index contributed by atoms with van der Waals surface area (Å²) >= 11 is 0. The molecule has 216 valence electrons. The Morgan fingerprint density at radius 1 is 0.472 bits per heavy atom. The van der Waals surface area contributed by atoms with Crippen LogP contribution in [0.2, 0.25) is 0 Å². The van der Waals surface area contributed by atoms with Crippen molar-refractivity contribution in [2.24, 2.45) is 11.8 Å². The molecule has 0 aromatic heterocycles. The van der Waals surface area contributed by atoms with E-state index in [0.717, 1.165) is 31.1 Å². The first-order valence-corrected chi connectivity index (χ1v) is 16.6. The van der Waals surface area contributed by atoms with Gasteiger partial charge >= 0.3 is 5.97 Å². The number of hydrogen-bond donors (Lipinski definition) is 0. The second-order valence-corrected chi connectivity index (χ2v) is 12.5. The van der Waals surface area contributed by atoms with Gasteiger partial charge in [-0.2, -0.15) is 0 Å². The largest absolute Gasteiger partial charge is 0.462 e. The Hall–Kier alpha value is -0.530. The van der Waals surface area contributed by atoms with Crippen molar-refractivity contribution < 1.29 is 9.53 Å². The van der Waals surface area contributed by atoms with Crippen LogP contribution < -0.4 is 0 Å². The Bertz CT molecular complexity index is 442. The number of hydrogen-bond acceptors (Lipinski definition) is 2. The normalized spacial score (nSPS) is 12.5. The van der Waals surface area contributed by atoms with Gasteiger partial charge in [-0.3, -0.25) is 4.79 Å². The first-order valence-electron chi connectivity index (χ1n) is 16.6. The van der Waals surface area contributed by atoms with Crippen molar-refractivity contribution >= 4 is 5.97 Å². The van der Waals surface area contributed by atoms with Gasteiger partial charge in [0, 0.05) is 6.42 Å². The van der Waals surface area contributed by atoms with Crippen LogP contribution in [0.25, 0.3) is 0 Å². The Labute approximate surface area is 228 Å². The van der Waals surface area contributed by atoms with E-state index in [1.54, 1.807) is 0 Å². The summed E-state index contributed by atoms with van der Waals surface area (Å²) < 4.78 is 5.96. The van der Waals surface area contributed by atoms with E-state index in [2.05, 4.69) is 34.6 Å². The zero-order valence-corrected chi connectivity index (χ0v) is 25.7. The van der Waals surface area contributed by atoms with E-state index in [9.17, 15) is 4.79 Å². The van der Waals surface area contributed by atoms with Crippen molar-refractivity contribution in [2.75, 3.05) is 0 Å². The molecule has 1 unspecified atom stereocenters. The van der Waals surface area contributed by atoms with Crippen LogP contribution in [0.15, 0.2) is 0 Å². The van der Waals surface area contributed by atoms with Gasteiger partial charge in [0.15, 0.2) is 0 Å². The summed E-state index contributed by atoms with van der Waals surface area (Å²) in [6.07, 6.45) is 32.1. The first kappa shape index (κ1) is 35.5. The van der Waals surface area contributed by atoms with Crippen molar-refractivity contribution in [1.82, 2.24) is 0 Å². The fraction of sp³-hybridized carbons (Fsp3) is 0.971. The minimum atomic E-state index is 0.0564. The predicted molar refractivity (Wildman–Crippen MR) is 161 cm³/mol. The number of rotatable bonds is 28. The Morgan fingerprint density at radius 3 is 1.31 bits per heavy atom. The highest BCUT2D eigenvalue weighted by atomic mass is 16.5. The molecule has 1 atom stereocenters. The molecule has 0 aromatic rings. The maximum absolute atomic E-state index is 12.5. The van der Waals surface area contributed by atoms with E-state index in [0.29, 0.717) is 6.42 Å². The molecule has 0 radical (unpaired) electrons. The average molecular weight is 509 g/mol. The number of ether oxygens (including phenoxy) is 1. The smallest absolute Gasteiger partial charge is 0.306 e. The van der Waals surface area contributed by atoms with Gasteiger partial charge in [0.05, 0.1) is 0 Å². The molecule has 0 saturated heterocycles. The van der Waals surface area contributed by atoms with Crippen molar-refractivity contribution in [3.63, 3.8) is 0 Å². The summed E-state index contributed by atoms with van der Waals surface area (Å²) in [5, 5.41) is 0. The molecular weight excluding hydrogens is 440 g/mol. The number of carbonyl (C=O) groups excluding carboxylic acids is 1. The highest BCUT2D eigenvalue weighted by Crippen LogP contribution is 2.19. The van der Waals surface area contributed by atoms with Gasteiger partial charge in [0.2, 0.25) is 0 Å². The monoisotopic (exact) mass is 509 g/mol. The van der Waals surface area contributed by atoms with Gasteiger partial charge in [-0.25, -0.2) is 0 Å². The molecule has 2 nitrogen and oxygen atoms in total. The highest BCUT2D eigenvalue weighted by Gasteiger charge is 2.14. The molecule has 36 heavy (non-hydrogen) atoms. The van der Waals surface area contributed by atoms with E-state index in [4.69, 9.17) is 4.74 Å². The average Bonchev–Trinajstić information content (AvgIpc) is 2.83. The molecule has 0 aromatic carbocycles.